The summed E-state index contributed by atoms with van der Waals surface area (Å²) in [5.41, 5.74) is 0.440. The first-order chi connectivity index (χ1) is 12.0. The van der Waals surface area contributed by atoms with Gasteiger partial charge in [-0.2, -0.15) is 5.10 Å². The second kappa shape index (κ2) is 6.73. The van der Waals surface area contributed by atoms with Crippen molar-refractivity contribution < 1.29 is 22.3 Å². The fourth-order valence-corrected chi connectivity index (χ4v) is 4.68. The van der Waals surface area contributed by atoms with Gasteiger partial charge in [-0.3, -0.25) is 4.72 Å². The van der Waals surface area contributed by atoms with E-state index in [0.717, 1.165) is 17.4 Å². The summed E-state index contributed by atoms with van der Waals surface area (Å²) in [6, 6.07) is 5.43. The van der Waals surface area contributed by atoms with Gasteiger partial charge in [-0.25, -0.2) is 17.5 Å². The molecule has 0 amide bonds. The number of thiophene rings is 1. The Bertz CT molecular complexity index is 984. The molecule has 0 aliphatic heterocycles. The lowest BCUT2D eigenvalue weighted by Gasteiger charge is -2.13. The SMILES string of the molecule is COc1csc(S(=O)(=O)Nc2cc(F)ccc2-n2cccn2)c1OC. The summed E-state index contributed by atoms with van der Waals surface area (Å²) in [7, 11) is -1.26. The molecule has 7 nitrogen and oxygen atoms in total. The molecule has 0 fully saturated rings. The average Bonchev–Trinajstić information content (AvgIpc) is 3.23. The van der Waals surface area contributed by atoms with Gasteiger partial charge in [0.2, 0.25) is 0 Å². The molecule has 2 aromatic heterocycles. The summed E-state index contributed by atoms with van der Waals surface area (Å²) in [5, 5.41) is 5.57. The predicted molar refractivity (Wildman–Crippen MR) is 91.8 cm³/mol. The number of nitrogens with one attached hydrogen (secondary N) is 1. The molecule has 25 heavy (non-hydrogen) atoms. The van der Waals surface area contributed by atoms with E-state index in [1.54, 1.807) is 12.3 Å². The topological polar surface area (TPSA) is 82.5 Å². The number of sulfonamides is 1. The smallest absolute Gasteiger partial charge is 0.275 e. The van der Waals surface area contributed by atoms with Crippen LogP contribution >= 0.6 is 11.3 Å². The zero-order valence-electron chi connectivity index (χ0n) is 13.3. The number of aromatic nitrogens is 2. The number of ether oxygens (including phenoxy) is 2. The van der Waals surface area contributed by atoms with Gasteiger partial charge >= 0.3 is 0 Å². The molecular weight excluding hydrogens is 369 g/mol. The molecule has 1 aromatic carbocycles. The minimum Gasteiger partial charge on any atom is -0.492 e. The van der Waals surface area contributed by atoms with Crippen LogP contribution < -0.4 is 14.2 Å². The first-order valence-electron chi connectivity index (χ1n) is 6.98. The van der Waals surface area contributed by atoms with E-state index in [9.17, 15) is 12.8 Å². The Morgan fingerprint density at radius 3 is 2.72 bits per heavy atom. The highest BCUT2D eigenvalue weighted by Crippen LogP contribution is 2.41. The van der Waals surface area contributed by atoms with Crippen LogP contribution in [0.2, 0.25) is 0 Å². The molecular formula is C15H14FN3O4S2. The van der Waals surface area contributed by atoms with Crippen LogP contribution in [-0.2, 0) is 10.0 Å². The average molecular weight is 383 g/mol. The highest BCUT2D eigenvalue weighted by molar-refractivity contribution is 7.94. The van der Waals surface area contributed by atoms with Crippen molar-refractivity contribution in [2.24, 2.45) is 0 Å². The zero-order valence-corrected chi connectivity index (χ0v) is 14.9. The van der Waals surface area contributed by atoms with Crippen molar-refractivity contribution in [2.75, 3.05) is 18.9 Å². The normalized spacial score (nSPS) is 11.3. The van der Waals surface area contributed by atoms with Gasteiger partial charge in [-0.05, 0) is 18.2 Å². The third kappa shape index (κ3) is 3.30. The molecule has 0 saturated heterocycles. The summed E-state index contributed by atoms with van der Waals surface area (Å²) in [6.45, 7) is 0. The fourth-order valence-electron chi connectivity index (χ4n) is 2.22. The molecule has 0 unspecified atom stereocenters. The van der Waals surface area contributed by atoms with Crippen molar-refractivity contribution in [3.05, 3.63) is 47.9 Å². The van der Waals surface area contributed by atoms with Crippen molar-refractivity contribution in [2.45, 2.75) is 4.21 Å². The van der Waals surface area contributed by atoms with Crippen molar-refractivity contribution in [3.63, 3.8) is 0 Å². The fraction of sp³-hybridized carbons (Fsp3) is 0.133. The monoisotopic (exact) mass is 383 g/mol. The van der Waals surface area contributed by atoms with Crippen molar-refractivity contribution in [1.82, 2.24) is 9.78 Å². The predicted octanol–water partition coefficient (Wildman–Crippen LogP) is 2.89. The number of halogens is 1. The van der Waals surface area contributed by atoms with Gasteiger partial charge in [0.15, 0.2) is 15.7 Å². The van der Waals surface area contributed by atoms with Gasteiger partial charge in [0.05, 0.1) is 25.6 Å². The summed E-state index contributed by atoms with van der Waals surface area (Å²) in [6.07, 6.45) is 3.16. The second-order valence-electron chi connectivity index (χ2n) is 4.84. The Kier molecular flexibility index (Phi) is 4.64. The van der Waals surface area contributed by atoms with Crippen LogP contribution in [0.1, 0.15) is 0 Å². The molecule has 1 N–H and O–H groups in total. The number of nitrogens with zero attached hydrogens (tertiary/aromatic N) is 2. The number of methoxy groups -OCH3 is 2. The van der Waals surface area contributed by atoms with Gasteiger partial charge in [0, 0.05) is 23.8 Å². The molecule has 3 aromatic rings. The Hall–Kier alpha value is -2.59. The molecule has 10 heteroatoms. The number of anilines is 1. The van der Waals surface area contributed by atoms with E-state index >= 15 is 0 Å². The zero-order chi connectivity index (χ0) is 18.0. The number of hydrogen-bond donors (Lipinski definition) is 1. The van der Waals surface area contributed by atoms with Crippen LogP contribution in [0.5, 0.6) is 11.5 Å². The van der Waals surface area contributed by atoms with E-state index in [0.29, 0.717) is 11.4 Å². The summed E-state index contributed by atoms with van der Waals surface area (Å²) < 4.78 is 53.1. The van der Waals surface area contributed by atoms with Gasteiger partial charge in [0.25, 0.3) is 10.0 Å². The van der Waals surface area contributed by atoms with E-state index in [2.05, 4.69) is 9.82 Å². The highest BCUT2D eigenvalue weighted by Gasteiger charge is 2.26. The second-order valence-corrected chi connectivity index (χ2v) is 7.60. The van der Waals surface area contributed by atoms with Gasteiger partial charge in [-0.1, -0.05) is 0 Å². The Labute approximate surface area is 147 Å². The van der Waals surface area contributed by atoms with Gasteiger partial charge in [0.1, 0.15) is 5.82 Å². The third-order valence-electron chi connectivity index (χ3n) is 3.30. The number of rotatable bonds is 6. The molecule has 0 bridgehead atoms. The molecule has 0 radical (unpaired) electrons. The Balaban J connectivity index is 2.05. The molecule has 2 heterocycles. The van der Waals surface area contributed by atoms with Crippen molar-refractivity contribution >= 4 is 27.0 Å². The lowest BCUT2D eigenvalue weighted by atomic mass is 10.2. The van der Waals surface area contributed by atoms with Crippen LogP contribution in [0.4, 0.5) is 10.1 Å². The van der Waals surface area contributed by atoms with Crippen LogP contribution in [0.25, 0.3) is 5.69 Å². The van der Waals surface area contributed by atoms with Crippen LogP contribution in [0.15, 0.2) is 46.2 Å². The van der Waals surface area contributed by atoms with E-state index < -0.39 is 15.8 Å². The molecule has 0 saturated carbocycles. The van der Waals surface area contributed by atoms with E-state index in [1.807, 2.05) is 0 Å². The first kappa shape index (κ1) is 17.2. The van der Waals surface area contributed by atoms with E-state index in [1.165, 1.54) is 42.6 Å². The van der Waals surface area contributed by atoms with Crippen LogP contribution in [0, 0.1) is 5.82 Å². The summed E-state index contributed by atoms with van der Waals surface area (Å²) in [4.78, 5) is 0. The lowest BCUT2D eigenvalue weighted by molar-refractivity contribution is 0.352. The Morgan fingerprint density at radius 2 is 2.08 bits per heavy atom. The number of hydrogen-bond acceptors (Lipinski definition) is 6. The summed E-state index contributed by atoms with van der Waals surface area (Å²) in [5.74, 6) is -0.180. The van der Waals surface area contributed by atoms with Crippen molar-refractivity contribution in [3.8, 4) is 17.2 Å². The van der Waals surface area contributed by atoms with Crippen LogP contribution in [0.3, 0.4) is 0 Å². The maximum absolute atomic E-state index is 13.7. The minimum atomic E-state index is -4.02. The molecule has 0 aliphatic rings. The summed E-state index contributed by atoms with van der Waals surface area (Å²) >= 11 is 0.942. The molecule has 0 aliphatic carbocycles. The largest absolute Gasteiger partial charge is 0.492 e. The lowest BCUT2D eigenvalue weighted by Crippen LogP contribution is -2.15. The Morgan fingerprint density at radius 1 is 1.28 bits per heavy atom. The van der Waals surface area contributed by atoms with Crippen LogP contribution in [-0.4, -0.2) is 32.4 Å². The first-order valence-corrected chi connectivity index (χ1v) is 9.34. The minimum absolute atomic E-state index is 0.0538. The van der Waals surface area contributed by atoms with E-state index in [-0.39, 0.29) is 15.6 Å². The van der Waals surface area contributed by atoms with Crippen molar-refractivity contribution in [1.29, 1.82) is 0 Å². The van der Waals surface area contributed by atoms with Gasteiger partial charge < -0.3 is 9.47 Å². The maximum atomic E-state index is 13.7. The highest BCUT2D eigenvalue weighted by atomic mass is 32.2. The standard InChI is InChI=1S/C15H14FN3O4S2/c1-22-13-9-24-15(14(13)23-2)25(20,21)18-11-8-10(16)4-5-12(11)19-7-3-6-17-19/h3-9,18H,1-2H3. The van der Waals surface area contributed by atoms with Gasteiger partial charge in [-0.15, -0.1) is 11.3 Å². The maximum Gasteiger partial charge on any atom is 0.275 e. The molecule has 3 rings (SSSR count). The molecule has 0 spiro atoms. The molecule has 0 atom stereocenters. The van der Waals surface area contributed by atoms with E-state index in [4.69, 9.17) is 9.47 Å². The third-order valence-corrected chi connectivity index (χ3v) is 6.14. The molecule has 132 valence electrons. The quantitative estimate of drug-likeness (QED) is 0.708. The number of benzene rings is 1.